The summed E-state index contributed by atoms with van der Waals surface area (Å²) in [6, 6.07) is 0. The molecule has 3 fully saturated rings. The van der Waals surface area contributed by atoms with Crippen molar-refractivity contribution in [2.24, 2.45) is 23.7 Å². The molecule has 0 aromatic rings. The Bertz CT molecular complexity index is 255. The molecule has 0 amide bonds. The van der Waals surface area contributed by atoms with E-state index < -0.39 is 0 Å². The van der Waals surface area contributed by atoms with Gasteiger partial charge in [0.1, 0.15) is 5.78 Å². The maximum atomic E-state index is 12.3. The van der Waals surface area contributed by atoms with E-state index in [9.17, 15) is 4.79 Å². The lowest BCUT2D eigenvalue weighted by atomic mass is 9.79. The van der Waals surface area contributed by atoms with E-state index in [0.29, 0.717) is 18.3 Å². The molecule has 15 heavy (non-hydrogen) atoms. The maximum Gasteiger partial charge on any atom is 0.141 e. The molecule has 2 bridgehead atoms. The van der Waals surface area contributed by atoms with Gasteiger partial charge in [0.05, 0.1) is 6.61 Å². The van der Waals surface area contributed by atoms with Gasteiger partial charge in [0.25, 0.3) is 0 Å². The zero-order valence-corrected chi connectivity index (χ0v) is 9.28. The van der Waals surface area contributed by atoms with Crippen LogP contribution >= 0.6 is 0 Å². The Hall–Kier alpha value is -0.370. The molecule has 4 atom stereocenters. The first-order valence-corrected chi connectivity index (χ1v) is 6.46. The Labute approximate surface area is 91.4 Å². The van der Waals surface area contributed by atoms with Gasteiger partial charge in [0.15, 0.2) is 0 Å². The standard InChI is InChI=1S/C13H20O2/c14-13(11-2-1-5-15-8-11)12-7-9-3-4-10(12)6-9/h9-12H,1-8H2. The summed E-state index contributed by atoms with van der Waals surface area (Å²) in [6.45, 7) is 1.56. The van der Waals surface area contributed by atoms with Crippen LogP contribution in [0, 0.1) is 23.7 Å². The van der Waals surface area contributed by atoms with Crippen molar-refractivity contribution in [2.45, 2.75) is 38.5 Å². The Kier molecular flexibility index (Phi) is 2.55. The maximum absolute atomic E-state index is 12.3. The molecule has 84 valence electrons. The quantitative estimate of drug-likeness (QED) is 0.696. The van der Waals surface area contributed by atoms with Crippen molar-refractivity contribution >= 4 is 5.78 Å². The van der Waals surface area contributed by atoms with E-state index in [1.54, 1.807) is 0 Å². The lowest BCUT2D eigenvalue weighted by molar-refractivity contribution is -0.132. The molecule has 2 aliphatic carbocycles. The van der Waals surface area contributed by atoms with Crippen LogP contribution < -0.4 is 0 Å². The lowest BCUT2D eigenvalue weighted by Crippen LogP contribution is -2.32. The first kappa shape index (κ1) is 9.83. The highest BCUT2D eigenvalue weighted by Gasteiger charge is 2.44. The molecule has 1 heterocycles. The van der Waals surface area contributed by atoms with E-state index in [0.717, 1.165) is 31.3 Å². The first-order valence-electron chi connectivity index (χ1n) is 6.46. The van der Waals surface area contributed by atoms with Gasteiger partial charge in [-0.25, -0.2) is 0 Å². The third-order valence-corrected chi connectivity index (χ3v) is 4.67. The molecule has 1 saturated heterocycles. The van der Waals surface area contributed by atoms with E-state index in [-0.39, 0.29) is 5.92 Å². The van der Waals surface area contributed by atoms with Crippen LogP contribution in [0.15, 0.2) is 0 Å². The van der Waals surface area contributed by atoms with Crippen molar-refractivity contribution in [3.63, 3.8) is 0 Å². The summed E-state index contributed by atoms with van der Waals surface area (Å²) in [5.74, 6) is 2.82. The van der Waals surface area contributed by atoms with Crippen LogP contribution in [-0.2, 0) is 9.53 Å². The molecular weight excluding hydrogens is 188 g/mol. The van der Waals surface area contributed by atoms with Gasteiger partial charge in [-0.3, -0.25) is 4.79 Å². The Balaban J connectivity index is 1.64. The summed E-state index contributed by atoms with van der Waals surface area (Å²) in [5.41, 5.74) is 0. The fourth-order valence-electron chi connectivity index (χ4n) is 3.86. The second kappa shape index (κ2) is 3.89. The SMILES string of the molecule is O=C(C1CCCOC1)C1CC2CCC1C2. The van der Waals surface area contributed by atoms with Crippen LogP contribution in [0.2, 0.25) is 0 Å². The molecule has 2 heteroatoms. The van der Waals surface area contributed by atoms with Crippen molar-refractivity contribution in [3.8, 4) is 0 Å². The van der Waals surface area contributed by atoms with Crippen molar-refractivity contribution in [1.82, 2.24) is 0 Å². The van der Waals surface area contributed by atoms with Gasteiger partial charge in [-0.15, -0.1) is 0 Å². The number of rotatable bonds is 2. The topological polar surface area (TPSA) is 26.3 Å². The van der Waals surface area contributed by atoms with Gasteiger partial charge in [0, 0.05) is 18.4 Å². The predicted molar refractivity (Wildman–Crippen MR) is 57.5 cm³/mol. The van der Waals surface area contributed by atoms with Crippen LogP contribution in [0.25, 0.3) is 0 Å². The van der Waals surface area contributed by atoms with E-state index in [2.05, 4.69) is 0 Å². The molecule has 4 unspecified atom stereocenters. The number of ketones is 1. The number of fused-ring (bicyclic) bond motifs is 2. The number of carbonyl (C=O) groups excluding carboxylic acids is 1. The number of hydrogen-bond donors (Lipinski definition) is 0. The van der Waals surface area contributed by atoms with Crippen molar-refractivity contribution < 1.29 is 9.53 Å². The fraction of sp³-hybridized carbons (Fsp3) is 0.923. The zero-order chi connectivity index (χ0) is 10.3. The monoisotopic (exact) mass is 208 g/mol. The normalized spacial score (nSPS) is 44.5. The molecule has 3 aliphatic rings. The number of hydrogen-bond acceptors (Lipinski definition) is 2. The van der Waals surface area contributed by atoms with Gasteiger partial charge < -0.3 is 4.74 Å². The smallest absolute Gasteiger partial charge is 0.141 e. The van der Waals surface area contributed by atoms with E-state index >= 15 is 0 Å². The first-order chi connectivity index (χ1) is 7.34. The van der Waals surface area contributed by atoms with Crippen LogP contribution in [0.3, 0.4) is 0 Å². The summed E-state index contributed by atoms with van der Waals surface area (Å²) in [5, 5.41) is 0. The second-order valence-electron chi connectivity index (χ2n) is 5.60. The van der Waals surface area contributed by atoms with Gasteiger partial charge >= 0.3 is 0 Å². The lowest BCUT2D eigenvalue weighted by Gasteiger charge is -2.27. The van der Waals surface area contributed by atoms with Crippen LogP contribution in [0.4, 0.5) is 0 Å². The summed E-state index contributed by atoms with van der Waals surface area (Å²) in [7, 11) is 0. The second-order valence-corrected chi connectivity index (χ2v) is 5.60. The van der Waals surface area contributed by atoms with Crippen molar-refractivity contribution in [3.05, 3.63) is 0 Å². The fourth-order valence-corrected chi connectivity index (χ4v) is 3.86. The van der Waals surface area contributed by atoms with E-state index in [1.807, 2.05) is 0 Å². The summed E-state index contributed by atoms with van der Waals surface area (Å²) in [6.07, 6.45) is 7.39. The Morgan fingerprint density at radius 3 is 2.67 bits per heavy atom. The minimum absolute atomic E-state index is 0.239. The number of ether oxygens (including phenoxy) is 1. The average Bonchev–Trinajstić information content (AvgIpc) is 2.91. The molecule has 0 radical (unpaired) electrons. The summed E-state index contributed by atoms with van der Waals surface area (Å²) < 4.78 is 5.42. The van der Waals surface area contributed by atoms with Gasteiger partial charge in [-0.05, 0) is 43.9 Å². The minimum atomic E-state index is 0.239. The van der Waals surface area contributed by atoms with E-state index in [1.165, 1.54) is 25.7 Å². The van der Waals surface area contributed by atoms with Gasteiger partial charge in [0.2, 0.25) is 0 Å². The Morgan fingerprint density at radius 1 is 1.13 bits per heavy atom. The largest absolute Gasteiger partial charge is 0.381 e. The number of Topliss-reactive ketones (excluding diaryl/α,β-unsaturated/α-hetero) is 1. The van der Waals surface area contributed by atoms with Crippen LogP contribution in [0.5, 0.6) is 0 Å². The van der Waals surface area contributed by atoms with Gasteiger partial charge in [-0.1, -0.05) is 6.42 Å². The summed E-state index contributed by atoms with van der Waals surface area (Å²) in [4.78, 5) is 12.3. The number of carbonyl (C=O) groups is 1. The average molecular weight is 208 g/mol. The molecule has 0 aromatic carbocycles. The van der Waals surface area contributed by atoms with Crippen LogP contribution in [-0.4, -0.2) is 19.0 Å². The molecular formula is C13H20O2. The summed E-state index contributed by atoms with van der Waals surface area (Å²) >= 11 is 0. The highest BCUT2D eigenvalue weighted by Crippen LogP contribution is 2.49. The van der Waals surface area contributed by atoms with Gasteiger partial charge in [-0.2, -0.15) is 0 Å². The third-order valence-electron chi connectivity index (χ3n) is 4.67. The molecule has 0 aromatic heterocycles. The highest BCUT2D eigenvalue weighted by molar-refractivity contribution is 5.84. The van der Waals surface area contributed by atoms with Crippen molar-refractivity contribution in [2.75, 3.05) is 13.2 Å². The molecule has 1 aliphatic heterocycles. The molecule has 0 N–H and O–H groups in total. The molecule has 3 rings (SSSR count). The van der Waals surface area contributed by atoms with Crippen molar-refractivity contribution in [1.29, 1.82) is 0 Å². The third kappa shape index (κ3) is 1.73. The van der Waals surface area contributed by atoms with E-state index in [4.69, 9.17) is 4.74 Å². The Morgan fingerprint density at radius 2 is 2.07 bits per heavy atom. The molecule has 2 saturated carbocycles. The zero-order valence-electron chi connectivity index (χ0n) is 9.28. The molecule has 0 spiro atoms. The molecule has 2 nitrogen and oxygen atoms in total. The highest BCUT2D eigenvalue weighted by atomic mass is 16.5. The predicted octanol–water partition coefficient (Wildman–Crippen LogP) is 2.42. The minimum Gasteiger partial charge on any atom is -0.381 e. The van der Waals surface area contributed by atoms with Crippen LogP contribution in [0.1, 0.15) is 38.5 Å².